The van der Waals surface area contributed by atoms with E-state index in [1.807, 2.05) is 54.6 Å². The minimum Gasteiger partial charge on any atom is -0.465 e. The Hall–Kier alpha value is -9.82. The van der Waals surface area contributed by atoms with Crippen molar-refractivity contribution in [2.24, 2.45) is 0 Å². The summed E-state index contributed by atoms with van der Waals surface area (Å²) in [6.07, 6.45) is 0. The summed E-state index contributed by atoms with van der Waals surface area (Å²) < 4.78 is 10.9. The lowest BCUT2D eigenvalue weighted by molar-refractivity contribution is 0.0593. The number of rotatable bonds is 4. The Bertz CT molecular complexity index is 5160. The first-order valence-corrected chi connectivity index (χ1v) is 29.5. The molecule has 0 unspecified atom stereocenters. The van der Waals surface area contributed by atoms with Gasteiger partial charge in [0.05, 0.1) is 31.0 Å². The van der Waals surface area contributed by atoms with Gasteiger partial charge in [-0.2, -0.15) is 0 Å². The lowest BCUT2D eigenvalue weighted by Gasteiger charge is -2.23. The number of anilines is 3. The van der Waals surface area contributed by atoms with Gasteiger partial charge < -0.3 is 20.5 Å². The van der Waals surface area contributed by atoms with Gasteiger partial charge in [0.1, 0.15) is 0 Å². The van der Waals surface area contributed by atoms with Gasteiger partial charge in [-0.1, -0.05) is 201 Å². The number of carbonyl (C=O) groups is 2. The third-order valence-electron chi connectivity index (χ3n) is 17.9. The summed E-state index contributed by atoms with van der Waals surface area (Å²) >= 11 is 3.67. The number of benzene rings is 14. The second kappa shape index (κ2) is 20.5. The number of nitrogens with one attached hydrogen (secondary N) is 1. The molecule has 412 valence electrons. The van der Waals surface area contributed by atoms with E-state index in [0.717, 1.165) is 37.4 Å². The molecule has 0 amide bonds. The number of hydrogen-bond donors (Lipinski definition) is 2. The maximum atomic E-state index is 12.7. The average Bonchev–Trinajstić information content (AvgIpc) is 2.07. The van der Waals surface area contributed by atoms with Gasteiger partial charge in [-0.3, -0.25) is 0 Å². The van der Waals surface area contributed by atoms with Crippen LogP contribution in [-0.4, -0.2) is 26.2 Å². The van der Waals surface area contributed by atoms with Gasteiger partial charge in [-0.25, -0.2) is 9.59 Å². The highest BCUT2D eigenvalue weighted by Gasteiger charge is 2.38. The predicted molar refractivity (Wildman–Crippen MR) is 359 cm³/mol. The fourth-order valence-electron chi connectivity index (χ4n) is 13.6. The number of nitrogens with two attached hydrogens (primary N) is 1. The molecule has 85 heavy (non-hydrogen) atoms. The first-order valence-electron chi connectivity index (χ1n) is 28.7. The van der Waals surface area contributed by atoms with Crippen molar-refractivity contribution in [1.29, 1.82) is 0 Å². The van der Waals surface area contributed by atoms with Crippen LogP contribution in [0.3, 0.4) is 0 Å². The summed E-state index contributed by atoms with van der Waals surface area (Å²) in [5, 5.41) is 23.4. The second-order valence-electron chi connectivity index (χ2n) is 23.4. The SMILES string of the molecule is CC1(C)c2cc(Br)ccc2-c2cc3c4ccccc4c4ccccc4c3cc21.COC(=O)c1cc2ccccc2cc1N.COC(=O)c1cc2ccccc2cc1Nc1ccc2c(c1)C(C)(C)c1cc3c4ccccc4c4ccccc4c3cc1-2. The topological polar surface area (TPSA) is 90.7 Å². The maximum absolute atomic E-state index is 12.7. The molecule has 2 aliphatic carbocycles. The molecule has 14 aromatic rings. The zero-order chi connectivity index (χ0) is 58.5. The van der Waals surface area contributed by atoms with Crippen LogP contribution >= 0.6 is 15.9 Å². The number of methoxy groups -OCH3 is 2. The Balaban J connectivity index is 0.000000127. The number of carbonyl (C=O) groups excluding carboxylic acids is 2. The van der Waals surface area contributed by atoms with E-state index in [1.165, 1.54) is 123 Å². The number of nitrogen functional groups attached to an aromatic ring is 1. The summed E-state index contributed by atoms with van der Waals surface area (Å²) in [7, 11) is 2.77. The van der Waals surface area contributed by atoms with E-state index in [0.29, 0.717) is 16.8 Å². The number of ether oxygens (including phenoxy) is 2. The highest BCUT2D eigenvalue weighted by Crippen LogP contribution is 2.54. The van der Waals surface area contributed by atoms with Crippen LogP contribution in [0.4, 0.5) is 17.1 Å². The van der Waals surface area contributed by atoms with Crippen molar-refractivity contribution in [2.75, 3.05) is 25.3 Å². The summed E-state index contributed by atoms with van der Waals surface area (Å²) in [6.45, 7) is 9.32. The summed E-state index contributed by atoms with van der Waals surface area (Å²) in [5.74, 6) is -0.762. The molecule has 0 radical (unpaired) electrons. The van der Waals surface area contributed by atoms with Crippen molar-refractivity contribution in [1.82, 2.24) is 0 Å². The highest BCUT2D eigenvalue weighted by atomic mass is 79.9. The van der Waals surface area contributed by atoms with Crippen LogP contribution in [0.15, 0.2) is 235 Å². The summed E-state index contributed by atoms with van der Waals surface area (Å²) in [5.41, 5.74) is 19.3. The Kier molecular flexibility index (Phi) is 12.8. The molecule has 2 aliphatic rings. The molecule has 14 aromatic carbocycles. The predicted octanol–water partition coefficient (Wildman–Crippen LogP) is 20.6. The molecule has 7 heteroatoms. The first-order chi connectivity index (χ1) is 41.2. The standard InChI is InChI=1S/C39H29NO2.C27H19Br.C12H11NO2/c1-39(2)35-20-25(40-37-19-24-11-5-4-10-23(24)18-34(37)38(41)42-3)16-17-30(35)33-21-31-28-14-8-6-12-26(28)27-13-7-9-15-29(27)32(31)22-36(33)39;1-27(2)25-13-16(28)11-12-21(25)24-14-22-19-9-5-3-7-17(19)18-8-4-6-10-20(18)23(22)15-26(24)27;1-15-12(14)10-6-8-4-2-3-5-9(8)7-11(10)13/h4-22,40H,1-3H3;3-15H,1-2H3;2-7H,13H2,1H3. The molecule has 3 N–H and O–H groups in total. The van der Waals surface area contributed by atoms with E-state index in [1.54, 1.807) is 12.1 Å². The molecule has 0 aliphatic heterocycles. The highest BCUT2D eigenvalue weighted by molar-refractivity contribution is 9.10. The lowest BCUT2D eigenvalue weighted by Crippen LogP contribution is -2.15. The molecular formula is C78H59BrN2O4. The molecule has 0 fully saturated rings. The Morgan fingerprint density at radius 2 is 0.706 bits per heavy atom. The Labute approximate surface area is 501 Å². The van der Waals surface area contributed by atoms with Crippen molar-refractivity contribution >= 4 is 131 Å². The molecular weight excluding hydrogens is 1110 g/mol. The molecule has 0 aromatic heterocycles. The van der Waals surface area contributed by atoms with E-state index in [4.69, 9.17) is 10.5 Å². The molecule has 0 heterocycles. The molecule has 0 atom stereocenters. The molecule has 0 spiro atoms. The smallest absolute Gasteiger partial charge is 0.339 e. The minimum absolute atomic E-state index is 0.00458. The van der Waals surface area contributed by atoms with E-state index in [2.05, 4.69) is 217 Å². The largest absolute Gasteiger partial charge is 0.465 e. The zero-order valence-corrected chi connectivity index (χ0v) is 49.6. The van der Waals surface area contributed by atoms with E-state index in [9.17, 15) is 9.59 Å². The number of esters is 2. The van der Waals surface area contributed by atoms with Crippen LogP contribution in [0.1, 0.15) is 70.7 Å². The van der Waals surface area contributed by atoms with Gasteiger partial charge >= 0.3 is 11.9 Å². The summed E-state index contributed by atoms with van der Waals surface area (Å²) in [6, 6.07) is 81.3. The third-order valence-corrected chi connectivity index (χ3v) is 18.4. The van der Waals surface area contributed by atoms with Crippen molar-refractivity contribution in [3.63, 3.8) is 0 Å². The van der Waals surface area contributed by atoms with E-state index >= 15 is 0 Å². The zero-order valence-electron chi connectivity index (χ0n) is 48.0. The van der Waals surface area contributed by atoms with Crippen LogP contribution < -0.4 is 11.1 Å². The van der Waals surface area contributed by atoms with Gasteiger partial charge in [-0.15, -0.1) is 0 Å². The molecule has 0 saturated heterocycles. The van der Waals surface area contributed by atoms with Crippen LogP contribution in [0, 0.1) is 0 Å². The molecule has 0 saturated carbocycles. The van der Waals surface area contributed by atoms with Crippen molar-refractivity contribution in [2.45, 2.75) is 38.5 Å². The average molecular weight is 1170 g/mol. The van der Waals surface area contributed by atoms with Gasteiger partial charge in [0.15, 0.2) is 0 Å². The second-order valence-corrected chi connectivity index (χ2v) is 24.3. The van der Waals surface area contributed by atoms with Gasteiger partial charge in [0.25, 0.3) is 0 Å². The fourth-order valence-corrected chi connectivity index (χ4v) is 14.0. The monoisotopic (exact) mass is 1170 g/mol. The van der Waals surface area contributed by atoms with Crippen molar-refractivity contribution < 1.29 is 19.1 Å². The molecule has 0 bridgehead atoms. The normalized spacial score (nSPS) is 13.2. The van der Waals surface area contributed by atoms with Gasteiger partial charge in [-0.05, 0) is 203 Å². The molecule has 6 nitrogen and oxygen atoms in total. The number of hydrogen-bond acceptors (Lipinski definition) is 6. The molecule has 16 rings (SSSR count). The van der Waals surface area contributed by atoms with Gasteiger partial charge in [0.2, 0.25) is 0 Å². The first kappa shape index (κ1) is 53.2. The van der Waals surface area contributed by atoms with E-state index < -0.39 is 5.97 Å². The van der Waals surface area contributed by atoms with Crippen LogP contribution in [0.25, 0.3) is 108 Å². The van der Waals surface area contributed by atoms with Crippen LogP contribution in [0.2, 0.25) is 0 Å². The quantitative estimate of drug-likeness (QED) is 0.104. The third kappa shape index (κ3) is 8.75. The van der Waals surface area contributed by atoms with Crippen LogP contribution in [0.5, 0.6) is 0 Å². The van der Waals surface area contributed by atoms with E-state index in [-0.39, 0.29) is 16.8 Å². The van der Waals surface area contributed by atoms with Crippen LogP contribution in [-0.2, 0) is 20.3 Å². The van der Waals surface area contributed by atoms with Crippen molar-refractivity contribution in [3.8, 4) is 22.3 Å². The van der Waals surface area contributed by atoms with Gasteiger partial charge in [0, 0.05) is 26.7 Å². The summed E-state index contributed by atoms with van der Waals surface area (Å²) in [4.78, 5) is 24.1. The fraction of sp³-hybridized carbons (Fsp3) is 0.103. The Morgan fingerprint density at radius 1 is 0.365 bits per heavy atom. The minimum atomic E-state index is -0.404. The maximum Gasteiger partial charge on any atom is 0.339 e. The number of halogens is 1. The number of fused-ring (bicyclic) bond motifs is 20. The Morgan fingerprint density at radius 3 is 1.15 bits per heavy atom. The van der Waals surface area contributed by atoms with Crippen molar-refractivity contribution in [3.05, 3.63) is 268 Å². The lowest BCUT2D eigenvalue weighted by atomic mass is 9.81.